The number of hydrogen-bond donors (Lipinski definition) is 0. The molecular weight excluding hydrogens is 120 g/mol. The smallest absolute Gasteiger partial charge is 0.0825 e. The van der Waals surface area contributed by atoms with Gasteiger partial charge in [0.05, 0.1) is 6.54 Å². The lowest BCUT2D eigenvalue weighted by Gasteiger charge is -2.18. The number of fused-ring (bicyclic) bond motifs is 1. The van der Waals surface area contributed by atoms with E-state index in [1.807, 2.05) is 6.08 Å². The maximum absolute atomic E-state index is 3.65. The highest BCUT2D eigenvalue weighted by Gasteiger charge is 2.15. The Bertz CT molecular complexity index is 192. The first-order valence-electron chi connectivity index (χ1n) is 2.52. The van der Waals surface area contributed by atoms with Crippen LogP contribution in [0.4, 0.5) is 0 Å². The molecule has 0 unspecified atom stereocenters. The van der Waals surface area contributed by atoms with Crippen molar-refractivity contribution >= 4 is 0 Å². The van der Waals surface area contributed by atoms with Crippen LogP contribution in [0.1, 0.15) is 0 Å². The molecule has 2 rings (SSSR count). The maximum Gasteiger partial charge on any atom is 0.0825 e. The Morgan fingerprint density at radius 3 is 3.00 bits per heavy atom. The van der Waals surface area contributed by atoms with Crippen LogP contribution in [0.25, 0.3) is 0 Å². The van der Waals surface area contributed by atoms with Gasteiger partial charge in [-0.25, -0.2) is 0 Å². The molecule has 46 valence electrons. The van der Waals surface area contributed by atoms with Gasteiger partial charge in [0.2, 0.25) is 0 Å². The zero-order chi connectivity index (χ0) is 6.10. The van der Waals surface area contributed by atoms with Crippen LogP contribution in [-0.2, 0) is 0 Å². The van der Waals surface area contributed by atoms with Crippen molar-refractivity contribution in [1.82, 2.24) is 10.2 Å². The second kappa shape index (κ2) is 1.51. The highest BCUT2D eigenvalue weighted by Crippen LogP contribution is 2.12. The minimum absolute atomic E-state index is 0.725. The molecule has 6 heteroatoms. The Labute approximate surface area is 51.1 Å². The fourth-order valence-electron chi connectivity index (χ4n) is 0.673. The molecule has 0 aromatic heterocycles. The predicted molar refractivity (Wildman–Crippen MR) is 27.4 cm³/mol. The Balaban J connectivity index is 2.25. The highest BCUT2D eigenvalue weighted by atomic mass is 16.0. The van der Waals surface area contributed by atoms with Gasteiger partial charge in [-0.15, -0.1) is 5.12 Å². The zero-order valence-corrected chi connectivity index (χ0v) is 4.55. The Hall–Kier alpha value is -1.46. The van der Waals surface area contributed by atoms with Crippen molar-refractivity contribution in [2.24, 2.45) is 20.9 Å². The first kappa shape index (κ1) is 4.42. The number of rotatable bonds is 0. The Kier molecular flexibility index (Phi) is 0.741. The number of hydrogen-bond acceptors (Lipinski definition) is 6. The SMILES string of the molecule is C1=CN2N=NN=NN2C1. The van der Waals surface area contributed by atoms with Gasteiger partial charge in [0.15, 0.2) is 0 Å². The van der Waals surface area contributed by atoms with Gasteiger partial charge in [-0.05, 0) is 27.0 Å². The molecule has 0 amide bonds. The molecule has 9 heavy (non-hydrogen) atoms. The van der Waals surface area contributed by atoms with Crippen LogP contribution < -0.4 is 0 Å². The second-order valence-electron chi connectivity index (χ2n) is 1.62. The summed E-state index contributed by atoms with van der Waals surface area (Å²) >= 11 is 0. The molecule has 2 heterocycles. The number of nitrogens with zero attached hydrogens (tertiary/aromatic N) is 6. The van der Waals surface area contributed by atoms with E-state index in [2.05, 4.69) is 20.9 Å². The predicted octanol–water partition coefficient (Wildman–Crippen LogP) is 0.696. The molecule has 0 atom stereocenters. The third kappa shape index (κ3) is 0.558. The van der Waals surface area contributed by atoms with E-state index in [4.69, 9.17) is 0 Å². The molecule has 0 saturated carbocycles. The molecule has 0 N–H and O–H groups in total. The summed E-state index contributed by atoms with van der Waals surface area (Å²) in [7, 11) is 0. The summed E-state index contributed by atoms with van der Waals surface area (Å²) in [6.07, 6.45) is 3.70. The van der Waals surface area contributed by atoms with Crippen molar-refractivity contribution in [3.63, 3.8) is 0 Å². The topological polar surface area (TPSA) is 55.9 Å². The van der Waals surface area contributed by atoms with E-state index in [1.165, 1.54) is 5.12 Å². The van der Waals surface area contributed by atoms with E-state index < -0.39 is 0 Å². The largest absolute Gasteiger partial charge is 0.159 e. The zero-order valence-electron chi connectivity index (χ0n) is 4.55. The lowest BCUT2D eigenvalue weighted by molar-refractivity contribution is 0.0209. The summed E-state index contributed by atoms with van der Waals surface area (Å²) in [6.45, 7) is 0.725. The fraction of sp³-hybridized carbons (Fsp3) is 0.333. The summed E-state index contributed by atoms with van der Waals surface area (Å²) in [5.74, 6) is 0. The molecule has 0 fully saturated rings. The van der Waals surface area contributed by atoms with Crippen LogP contribution in [0.15, 0.2) is 33.2 Å². The van der Waals surface area contributed by atoms with E-state index >= 15 is 0 Å². The van der Waals surface area contributed by atoms with E-state index in [-0.39, 0.29) is 0 Å². The van der Waals surface area contributed by atoms with Crippen molar-refractivity contribution in [2.45, 2.75) is 0 Å². The molecule has 2 aliphatic heterocycles. The van der Waals surface area contributed by atoms with Gasteiger partial charge < -0.3 is 0 Å². The Morgan fingerprint density at radius 2 is 2.11 bits per heavy atom. The third-order valence-corrected chi connectivity index (χ3v) is 1.06. The molecule has 0 spiro atoms. The molecule has 0 aliphatic carbocycles. The molecule has 0 bridgehead atoms. The molecule has 0 aromatic carbocycles. The van der Waals surface area contributed by atoms with Crippen molar-refractivity contribution in [2.75, 3.05) is 6.54 Å². The van der Waals surface area contributed by atoms with Crippen LogP contribution in [0.5, 0.6) is 0 Å². The average molecular weight is 124 g/mol. The van der Waals surface area contributed by atoms with Gasteiger partial charge in [-0.3, -0.25) is 0 Å². The normalized spacial score (nSPS) is 21.3. The van der Waals surface area contributed by atoms with Gasteiger partial charge in [0.25, 0.3) is 0 Å². The monoisotopic (exact) mass is 124 g/mol. The Morgan fingerprint density at radius 1 is 1.22 bits per heavy atom. The molecule has 6 nitrogen and oxygen atoms in total. The molecule has 0 radical (unpaired) electrons. The van der Waals surface area contributed by atoms with Gasteiger partial charge >= 0.3 is 0 Å². The van der Waals surface area contributed by atoms with Gasteiger partial charge in [-0.1, -0.05) is 0 Å². The van der Waals surface area contributed by atoms with Crippen LogP contribution >= 0.6 is 0 Å². The minimum atomic E-state index is 0.725. The van der Waals surface area contributed by atoms with E-state index in [1.54, 1.807) is 11.3 Å². The summed E-state index contributed by atoms with van der Waals surface area (Å²) in [5.41, 5.74) is 0. The lowest BCUT2D eigenvalue weighted by atomic mass is 10.7. The van der Waals surface area contributed by atoms with Crippen LogP contribution in [-0.4, -0.2) is 16.8 Å². The second-order valence-corrected chi connectivity index (χ2v) is 1.62. The summed E-state index contributed by atoms with van der Waals surface area (Å²) in [6, 6.07) is 0. The molecule has 0 saturated heterocycles. The van der Waals surface area contributed by atoms with Crippen molar-refractivity contribution in [3.8, 4) is 0 Å². The highest BCUT2D eigenvalue weighted by molar-refractivity contribution is 4.88. The van der Waals surface area contributed by atoms with Gasteiger partial charge in [0.1, 0.15) is 0 Å². The lowest BCUT2D eigenvalue weighted by Crippen LogP contribution is -2.26. The molecule has 2 aliphatic rings. The maximum atomic E-state index is 3.65. The standard InChI is InChI=1S/C3H4N6/c1-2-8-6-4-5-7-9(8)3-1/h1-2H,3H2. The summed E-state index contributed by atoms with van der Waals surface area (Å²) in [4.78, 5) is 0. The first-order valence-corrected chi connectivity index (χ1v) is 2.52. The number of hydrazine groups is 1. The van der Waals surface area contributed by atoms with Crippen molar-refractivity contribution < 1.29 is 0 Å². The van der Waals surface area contributed by atoms with E-state index in [9.17, 15) is 0 Å². The quantitative estimate of drug-likeness (QED) is 0.477. The van der Waals surface area contributed by atoms with E-state index in [0.717, 1.165) is 6.54 Å². The molecular formula is C3H4N6. The average Bonchev–Trinajstić information content (AvgIpc) is 2.33. The van der Waals surface area contributed by atoms with Crippen molar-refractivity contribution in [3.05, 3.63) is 12.3 Å². The summed E-state index contributed by atoms with van der Waals surface area (Å²) < 4.78 is 0. The summed E-state index contributed by atoms with van der Waals surface area (Å²) in [5, 5.41) is 17.1. The van der Waals surface area contributed by atoms with Crippen LogP contribution in [0, 0.1) is 0 Å². The first-order chi connectivity index (χ1) is 4.47. The van der Waals surface area contributed by atoms with Crippen LogP contribution in [0.3, 0.4) is 0 Å². The molecule has 0 aromatic rings. The van der Waals surface area contributed by atoms with E-state index in [0.29, 0.717) is 0 Å². The third-order valence-electron chi connectivity index (χ3n) is 1.06. The minimum Gasteiger partial charge on any atom is -0.159 e. The fourth-order valence-corrected chi connectivity index (χ4v) is 0.673. The van der Waals surface area contributed by atoms with Gasteiger partial charge in [-0.2, -0.15) is 5.12 Å². The van der Waals surface area contributed by atoms with Crippen LogP contribution in [0.2, 0.25) is 0 Å². The van der Waals surface area contributed by atoms with Gasteiger partial charge in [0, 0.05) is 6.20 Å². The van der Waals surface area contributed by atoms with Crippen molar-refractivity contribution in [1.29, 1.82) is 0 Å².